The molecule has 1 atom stereocenters. The lowest BCUT2D eigenvalue weighted by Gasteiger charge is -2.08. The fourth-order valence-corrected chi connectivity index (χ4v) is 2.22. The fraction of sp³-hybridized carbons (Fsp3) is 0.250. The topological polar surface area (TPSA) is 59.2 Å². The molecule has 1 saturated heterocycles. The first-order chi connectivity index (χ1) is 8.74. The summed E-state index contributed by atoms with van der Waals surface area (Å²) in [5.74, 6) is 0.388. The van der Waals surface area contributed by atoms with E-state index in [1.807, 2.05) is 30.3 Å². The summed E-state index contributed by atoms with van der Waals surface area (Å²) in [4.78, 5) is 13.2. The molecule has 2 aromatic rings. The normalized spacial score (nSPS) is 19.5. The summed E-state index contributed by atoms with van der Waals surface area (Å²) in [6, 6.07) is 9.70. The summed E-state index contributed by atoms with van der Waals surface area (Å²) in [5.41, 5.74) is 0.838. The van der Waals surface area contributed by atoms with Crippen LogP contribution in [-0.2, 0) is 4.79 Å². The van der Waals surface area contributed by atoms with Gasteiger partial charge in [-0.15, -0.1) is 5.10 Å². The molecule has 0 N–H and O–H groups in total. The van der Waals surface area contributed by atoms with E-state index < -0.39 is 0 Å². The van der Waals surface area contributed by atoms with Crippen LogP contribution in [-0.4, -0.2) is 27.9 Å². The highest BCUT2D eigenvalue weighted by Crippen LogP contribution is 2.26. The Bertz CT molecular complexity index is 570. The lowest BCUT2D eigenvalue weighted by molar-refractivity contribution is -0.117. The van der Waals surface area contributed by atoms with Gasteiger partial charge in [0.2, 0.25) is 11.8 Å². The molecule has 1 aliphatic heterocycles. The Balaban J connectivity index is 1.88. The van der Waals surface area contributed by atoms with Crippen molar-refractivity contribution in [1.82, 2.24) is 10.2 Å². The summed E-state index contributed by atoms with van der Waals surface area (Å²) in [7, 11) is 0. The molecule has 1 aromatic heterocycles. The second-order valence-electron chi connectivity index (χ2n) is 4.12. The van der Waals surface area contributed by atoms with Crippen molar-refractivity contribution in [3.8, 4) is 11.5 Å². The Morgan fingerprint density at radius 1 is 1.28 bits per heavy atom. The van der Waals surface area contributed by atoms with Crippen molar-refractivity contribution in [3.63, 3.8) is 0 Å². The maximum absolute atomic E-state index is 11.7. The Morgan fingerprint density at radius 2 is 2.06 bits per heavy atom. The van der Waals surface area contributed by atoms with Crippen LogP contribution < -0.4 is 4.90 Å². The van der Waals surface area contributed by atoms with Gasteiger partial charge in [0.25, 0.3) is 0 Å². The number of carbonyl (C=O) groups is 1. The monoisotopic (exact) mass is 261 g/mol. The quantitative estimate of drug-likeness (QED) is 0.837. The van der Waals surface area contributed by atoms with E-state index in [0.29, 0.717) is 18.9 Å². The van der Waals surface area contributed by atoms with Crippen molar-refractivity contribution in [2.24, 2.45) is 0 Å². The third kappa shape index (κ3) is 1.99. The Labute approximate surface area is 109 Å². The molecular formula is C12H11N3O2S. The van der Waals surface area contributed by atoms with Crippen LogP contribution in [0.3, 0.4) is 0 Å². The first-order valence-corrected chi connectivity index (χ1v) is 6.13. The van der Waals surface area contributed by atoms with Crippen molar-refractivity contribution in [1.29, 1.82) is 0 Å². The molecule has 0 bridgehead atoms. The number of carbonyl (C=O) groups excluding carboxylic acids is 1. The van der Waals surface area contributed by atoms with Gasteiger partial charge in [-0.3, -0.25) is 9.69 Å². The second-order valence-corrected chi connectivity index (χ2v) is 4.85. The van der Waals surface area contributed by atoms with Crippen molar-refractivity contribution >= 4 is 24.6 Å². The van der Waals surface area contributed by atoms with Gasteiger partial charge in [-0.05, 0) is 12.1 Å². The zero-order valence-electron chi connectivity index (χ0n) is 9.48. The van der Waals surface area contributed by atoms with Crippen LogP contribution in [0.15, 0.2) is 34.7 Å². The molecule has 3 rings (SSSR count). The van der Waals surface area contributed by atoms with E-state index in [4.69, 9.17) is 4.42 Å². The lowest BCUT2D eigenvalue weighted by Crippen LogP contribution is -2.24. The molecule has 0 spiro atoms. The van der Waals surface area contributed by atoms with E-state index in [9.17, 15) is 4.79 Å². The number of amides is 1. The molecule has 2 heterocycles. The Kier molecular flexibility index (Phi) is 2.79. The molecule has 18 heavy (non-hydrogen) atoms. The van der Waals surface area contributed by atoms with E-state index in [1.54, 1.807) is 0 Å². The molecule has 5 nitrogen and oxygen atoms in total. The molecule has 1 aromatic carbocycles. The van der Waals surface area contributed by atoms with Crippen LogP contribution in [0.4, 0.5) is 6.01 Å². The van der Waals surface area contributed by atoms with Crippen LogP contribution >= 0.6 is 12.6 Å². The van der Waals surface area contributed by atoms with Crippen molar-refractivity contribution in [2.45, 2.75) is 11.7 Å². The molecule has 1 unspecified atom stereocenters. The smallest absolute Gasteiger partial charge is 0.325 e. The fourth-order valence-electron chi connectivity index (χ4n) is 1.90. The first-order valence-electron chi connectivity index (χ1n) is 5.61. The zero-order valence-corrected chi connectivity index (χ0v) is 10.4. The average molecular weight is 261 g/mol. The third-order valence-corrected chi connectivity index (χ3v) is 3.12. The minimum Gasteiger partial charge on any atom is -0.403 e. The van der Waals surface area contributed by atoms with Crippen LogP contribution in [0.5, 0.6) is 0 Å². The molecule has 1 amide bonds. The highest BCUT2D eigenvalue weighted by atomic mass is 32.1. The van der Waals surface area contributed by atoms with Crippen LogP contribution in [0.1, 0.15) is 6.42 Å². The minimum atomic E-state index is -0.0294. The number of nitrogens with zero attached hydrogens (tertiary/aromatic N) is 3. The number of anilines is 1. The molecule has 1 fully saturated rings. The molecule has 6 heteroatoms. The van der Waals surface area contributed by atoms with E-state index in [1.165, 1.54) is 4.90 Å². The van der Waals surface area contributed by atoms with Crippen molar-refractivity contribution < 1.29 is 9.21 Å². The predicted molar refractivity (Wildman–Crippen MR) is 69.5 cm³/mol. The summed E-state index contributed by atoms with van der Waals surface area (Å²) < 4.78 is 5.52. The van der Waals surface area contributed by atoms with E-state index in [-0.39, 0.29) is 17.2 Å². The van der Waals surface area contributed by atoms with Gasteiger partial charge in [0.05, 0.1) is 0 Å². The largest absolute Gasteiger partial charge is 0.403 e. The van der Waals surface area contributed by atoms with Gasteiger partial charge in [0, 0.05) is 23.8 Å². The number of benzene rings is 1. The van der Waals surface area contributed by atoms with Crippen LogP contribution in [0.25, 0.3) is 11.5 Å². The maximum atomic E-state index is 11.7. The molecule has 1 aliphatic rings. The molecule has 0 radical (unpaired) electrons. The van der Waals surface area contributed by atoms with E-state index in [2.05, 4.69) is 22.8 Å². The van der Waals surface area contributed by atoms with Crippen LogP contribution in [0.2, 0.25) is 0 Å². The van der Waals surface area contributed by atoms with Crippen molar-refractivity contribution in [3.05, 3.63) is 30.3 Å². The number of hydrogen-bond acceptors (Lipinski definition) is 5. The summed E-state index contributed by atoms with van der Waals surface area (Å²) in [6.45, 7) is 0.512. The molecular weight excluding hydrogens is 250 g/mol. The highest BCUT2D eigenvalue weighted by Gasteiger charge is 2.31. The summed E-state index contributed by atoms with van der Waals surface area (Å²) >= 11 is 4.29. The van der Waals surface area contributed by atoms with Gasteiger partial charge in [-0.1, -0.05) is 23.3 Å². The van der Waals surface area contributed by atoms with Gasteiger partial charge in [-0.25, -0.2) is 0 Å². The Hall–Kier alpha value is -1.82. The zero-order chi connectivity index (χ0) is 12.5. The number of thiol groups is 1. The van der Waals surface area contributed by atoms with E-state index >= 15 is 0 Å². The summed E-state index contributed by atoms with van der Waals surface area (Å²) in [6.07, 6.45) is 0.409. The maximum Gasteiger partial charge on any atom is 0.325 e. The second kappa shape index (κ2) is 4.45. The SMILES string of the molecule is O=C1CC(S)CN1c1nnc(-c2ccccc2)o1. The van der Waals surface area contributed by atoms with Gasteiger partial charge in [0.1, 0.15) is 0 Å². The van der Waals surface area contributed by atoms with E-state index in [0.717, 1.165) is 5.56 Å². The highest BCUT2D eigenvalue weighted by molar-refractivity contribution is 7.81. The average Bonchev–Trinajstić information content (AvgIpc) is 2.97. The Morgan fingerprint density at radius 3 is 2.72 bits per heavy atom. The molecule has 0 saturated carbocycles. The van der Waals surface area contributed by atoms with Gasteiger partial charge in [0.15, 0.2) is 0 Å². The molecule has 92 valence electrons. The third-order valence-electron chi connectivity index (χ3n) is 2.77. The number of aromatic nitrogens is 2. The standard InChI is InChI=1S/C12H11N3O2S/c16-10-6-9(18)7-15(10)12-14-13-11(17-12)8-4-2-1-3-5-8/h1-5,9,18H,6-7H2. The van der Waals surface area contributed by atoms with Crippen molar-refractivity contribution in [2.75, 3.05) is 11.4 Å². The van der Waals surface area contributed by atoms with Crippen LogP contribution in [0, 0.1) is 0 Å². The van der Waals surface area contributed by atoms with Gasteiger partial charge >= 0.3 is 6.01 Å². The van der Waals surface area contributed by atoms with Gasteiger partial charge < -0.3 is 4.42 Å². The number of rotatable bonds is 2. The minimum absolute atomic E-state index is 0.0294. The summed E-state index contributed by atoms with van der Waals surface area (Å²) in [5, 5.41) is 7.90. The molecule has 0 aliphatic carbocycles. The van der Waals surface area contributed by atoms with Gasteiger partial charge in [-0.2, -0.15) is 12.6 Å². The number of hydrogen-bond donors (Lipinski definition) is 1. The lowest BCUT2D eigenvalue weighted by atomic mass is 10.2. The first kappa shape index (κ1) is 11.3. The predicted octanol–water partition coefficient (Wildman–Crippen LogP) is 1.77.